The van der Waals surface area contributed by atoms with Crippen LogP contribution in [-0.2, 0) is 40.0 Å². The smallest absolute Gasteiger partial charge is 0.420 e. The summed E-state index contributed by atoms with van der Waals surface area (Å²) in [6.45, 7) is 16.2. The van der Waals surface area contributed by atoms with Gasteiger partial charge in [0.15, 0.2) is 18.1 Å². The molecule has 1 N–H and O–H groups in total. The maximum Gasteiger partial charge on any atom is 0.598 e. The standard InChI is InChI=1S/C22H55O10PSi4/c1-13-17-29-36(25-7,31-21(3,4)15-19-27-34(9)10)33(23,24)37(26-8,30-18-14-2)32-22(5,6)16-20-28-35(11)12/h34-35H,13-20H2,1-12H3,(H,23,24). The van der Waals surface area contributed by atoms with Crippen LogP contribution in [0.4, 0.5) is 0 Å². The van der Waals surface area contributed by atoms with Crippen LogP contribution in [-0.4, -0.2) is 91.8 Å². The minimum atomic E-state index is -4.65. The number of hydrogen-bond donors (Lipinski definition) is 1. The second-order valence-corrected chi connectivity index (χ2v) is 29.0. The molecular weight excluding hydrogens is 568 g/mol. The summed E-state index contributed by atoms with van der Waals surface area (Å²) in [5.74, 6) is 0. The molecule has 0 aliphatic carbocycles. The highest BCUT2D eigenvalue weighted by Gasteiger charge is 2.77. The maximum atomic E-state index is 14.7. The van der Waals surface area contributed by atoms with E-state index in [1.807, 2.05) is 41.5 Å². The van der Waals surface area contributed by atoms with Crippen molar-refractivity contribution in [2.45, 2.75) is 105 Å². The van der Waals surface area contributed by atoms with E-state index < -0.39 is 52.7 Å². The van der Waals surface area contributed by atoms with E-state index in [1.54, 1.807) is 0 Å². The van der Waals surface area contributed by atoms with Crippen LogP contribution in [0.3, 0.4) is 0 Å². The zero-order valence-corrected chi connectivity index (χ0v) is 30.6. The zero-order valence-electron chi connectivity index (χ0n) is 25.4. The van der Waals surface area contributed by atoms with Gasteiger partial charge in [0.05, 0.1) is 11.2 Å². The number of rotatable bonds is 22. The van der Waals surface area contributed by atoms with Crippen LogP contribution < -0.4 is 0 Å². The predicted octanol–water partition coefficient (Wildman–Crippen LogP) is 4.64. The van der Waals surface area contributed by atoms with Gasteiger partial charge in [0, 0.05) is 40.6 Å². The molecule has 0 saturated carbocycles. The number of hydrogen-bond acceptors (Lipinski definition) is 9. The lowest BCUT2D eigenvalue weighted by Crippen LogP contribution is -2.61. The molecule has 0 bridgehead atoms. The van der Waals surface area contributed by atoms with Crippen molar-refractivity contribution >= 4 is 41.5 Å². The highest BCUT2D eigenvalue weighted by atomic mass is 31.7. The van der Waals surface area contributed by atoms with Gasteiger partial charge in [-0.3, -0.25) is 4.57 Å². The van der Waals surface area contributed by atoms with Gasteiger partial charge in [-0.2, -0.15) is 0 Å². The van der Waals surface area contributed by atoms with Gasteiger partial charge in [0.25, 0.3) is 0 Å². The molecule has 0 spiro atoms. The summed E-state index contributed by atoms with van der Waals surface area (Å²) in [7, 11) is -8.48. The lowest BCUT2D eigenvalue weighted by molar-refractivity contribution is -0.0117. The van der Waals surface area contributed by atoms with Gasteiger partial charge in [-0.15, -0.1) is 0 Å². The summed E-state index contributed by atoms with van der Waals surface area (Å²) in [5, 5.41) is 0. The molecule has 0 heterocycles. The summed E-state index contributed by atoms with van der Waals surface area (Å²) in [6, 6.07) is 0. The lowest BCUT2D eigenvalue weighted by atomic mass is 10.1. The molecule has 224 valence electrons. The molecule has 2 unspecified atom stereocenters. The molecule has 15 heteroatoms. The first-order chi connectivity index (χ1) is 17.0. The lowest BCUT2D eigenvalue weighted by Gasteiger charge is -2.44. The minimum Gasteiger partial charge on any atom is -0.420 e. The van der Waals surface area contributed by atoms with Crippen LogP contribution in [0.5, 0.6) is 0 Å². The average Bonchev–Trinajstić information content (AvgIpc) is 2.78. The highest BCUT2D eigenvalue weighted by Crippen LogP contribution is 2.63. The Balaban J connectivity index is 6.51. The van der Waals surface area contributed by atoms with Gasteiger partial charge in [-0.05, 0) is 79.6 Å². The molecule has 0 aliphatic rings. The van der Waals surface area contributed by atoms with Gasteiger partial charge < -0.3 is 40.3 Å². The Morgan fingerprint density at radius 2 is 1.03 bits per heavy atom. The second-order valence-electron chi connectivity index (χ2n) is 10.8. The fraction of sp³-hybridized carbons (Fsp3) is 1.00. The molecule has 0 fully saturated rings. The van der Waals surface area contributed by atoms with Gasteiger partial charge in [-0.1, -0.05) is 13.8 Å². The summed E-state index contributed by atoms with van der Waals surface area (Å²) >= 11 is 0. The van der Waals surface area contributed by atoms with E-state index in [9.17, 15) is 9.46 Å². The van der Waals surface area contributed by atoms with E-state index in [4.69, 9.17) is 35.4 Å². The van der Waals surface area contributed by atoms with Crippen LogP contribution in [0.1, 0.15) is 67.2 Å². The minimum absolute atomic E-state index is 0.175. The topological polar surface area (TPSA) is 111 Å². The Hall–Kier alpha value is 0.738. The van der Waals surface area contributed by atoms with Gasteiger partial charge >= 0.3 is 23.4 Å². The van der Waals surface area contributed by atoms with Gasteiger partial charge in [0.1, 0.15) is 0 Å². The molecule has 2 atom stereocenters. The molecule has 0 aliphatic heterocycles. The summed E-state index contributed by atoms with van der Waals surface area (Å²) in [6.07, 6.45) is 2.19. The third-order valence-corrected chi connectivity index (χ3v) is 24.2. The Bertz CT molecular complexity index is 634. The van der Waals surface area contributed by atoms with Crippen molar-refractivity contribution in [1.82, 2.24) is 0 Å². The Morgan fingerprint density at radius 1 is 0.703 bits per heavy atom. The van der Waals surface area contributed by atoms with Crippen LogP contribution in [0, 0.1) is 0 Å². The van der Waals surface area contributed by atoms with Crippen molar-refractivity contribution in [3.05, 3.63) is 0 Å². The summed E-state index contributed by atoms with van der Waals surface area (Å²) in [5.41, 5.74) is -1.75. The molecule has 0 amide bonds. The molecule has 0 aromatic heterocycles. The van der Waals surface area contributed by atoms with Crippen molar-refractivity contribution < 1.29 is 44.9 Å². The fourth-order valence-corrected chi connectivity index (χ4v) is 21.9. The van der Waals surface area contributed by atoms with E-state index in [1.165, 1.54) is 14.2 Å². The highest BCUT2D eigenvalue weighted by molar-refractivity contribution is 8.15. The summed E-state index contributed by atoms with van der Waals surface area (Å²) < 4.78 is 63.1. The van der Waals surface area contributed by atoms with Gasteiger partial charge in [-0.25, -0.2) is 0 Å². The molecular formula is C22H55O10PSi4. The van der Waals surface area contributed by atoms with E-state index in [0.29, 0.717) is 38.9 Å². The predicted molar refractivity (Wildman–Crippen MR) is 157 cm³/mol. The molecule has 0 aromatic rings. The molecule has 0 rings (SSSR count). The normalized spacial score (nSPS) is 18.1. The first-order valence-corrected chi connectivity index (χ1v) is 25.7. The van der Waals surface area contributed by atoms with Crippen LogP contribution >= 0.6 is 6.46 Å². The van der Waals surface area contributed by atoms with E-state index in [0.717, 1.165) is 0 Å². The largest absolute Gasteiger partial charge is 0.598 e. The van der Waals surface area contributed by atoms with Crippen molar-refractivity contribution in [2.75, 3.05) is 40.6 Å². The first kappa shape index (κ1) is 37.7. The van der Waals surface area contributed by atoms with Crippen LogP contribution in [0.25, 0.3) is 0 Å². The molecule has 37 heavy (non-hydrogen) atoms. The molecule has 0 radical (unpaired) electrons. The van der Waals surface area contributed by atoms with E-state index >= 15 is 0 Å². The Morgan fingerprint density at radius 3 is 1.27 bits per heavy atom. The first-order valence-electron chi connectivity index (χ1n) is 13.3. The Kier molecular flexibility index (Phi) is 17.2. The third kappa shape index (κ3) is 12.0. The zero-order chi connectivity index (χ0) is 29.0. The van der Waals surface area contributed by atoms with Gasteiger partial charge in [0.2, 0.25) is 0 Å². The van der Waals surface area contributed by atoms with Crippen molar-refractivity contribution in [3.8, 4) is 0 Å². The van der Waals surface area contributed by atoms with Crippen molar-refractivity contribution in [2.24, 2.45) is 0 Å². The van der Waals surface area contributed by atoms with Crippen molar-refractivity contribution in [3.63, 3.8) is 0 Å². The Labute approximate surface area is 231 Å². The van der Waals surface area contributed by atoms with Crippen LogP contribution in [0.2, 0.25) is 26.2 Å². The SMILES string of the molecule is CCCO[Si](OC)(OC(C)(C)CCO[SiH](C)C)P(=O)(O)[Si](OC)(OCCC)OC(C)(C)CCO[SiH](C)C. The average molecular weight is 623 g/mol. The molecule has 0 aromatic carbocycles. The van der Waals surface area contributed by atoms with Crippen LogP contribution in [0.15, 0.2) is 0 Å². The monoisotopic (exact) mass is 622 g/mol. The van der Waals surface area contributed by atoms with Crippen molar-refractivity contribution in [1.29, 1.82) is 0 Å². The maximum absolute atomic E-state index is 14.7. The third-order valence-electron chi connectivity index (χ3n) is 5.36. The van der Waals surface area contributed by atoms with E-state index in [2.05, 4.69) is 26.2 Å². The fourth-order valence-electron chi connectivity index (χ4n) is 3.32. The molecule has 0 saturated heterocycles. The van der Waals surface area contributed by atoms with E-state index in [-0.39, 0.29) is 13.2 Å². The second kappa shape index (κ2) is 16.9. The summed E-state index contributed by atoms with van der Waals surface area (Å²) in [4.78, 5) is 12.0. The quantitative estimate of drug-likeness (QED) is 0.135. The molecule has 10 nitrogen and oxygen atoms in total.